The molecule has 0 saturated carbocycles. The quantitative estimate of drug-likeness (QED) is 0.889. The third kappa shape index (κ3) is 3.96. The summed E-state index contributed by atoms with van der Waals surface area (Å²) >= 11 is 3.36. The van der Waals surface area contributed by atoms with E-state index in [2.05, 4.69) is 26.0 Å². The molecular formula is C12H17BrN2O2S. The number of sulfonamides is 1. The molecule has 1 heterocycles. The minimum atomic E-state index is -3.28. The van der Waals surface area contributed by atoms with Gasteiger partial charge in [-0.25, -0.2) is 8.42 Å². The molecule has 2 N–H and O–H groups in total. The number of anilines is 1. The second kappa shape index (κ2) is 5.59. The average Bonchev–Trinajstić information content (AvgIpc) is 2.66. The molecule has 1 aromatic rings. The summed E-state index contributed by atoms with van der Waals surface area (Å²) in [5.41, 5.74) is 1.63. The van der Waals surface area contributed by atoms with Crippen LogP contribution in [0.5, 0.6) is 0 Å². The lowest BCUT2D eigenvalue weighted by Crippen LogP contribution is -2.32. The highest BCUT2D eigenvalue weighted by Crippen LogP contribution is 2.20. The molecule has 0 bridgehead atoms. The van der Waals surface area contributed by atoms with Crippen molar-refractivity contribution in [2.75, 3.05) is 17.0 Å². The topological polar surface area (TPSA) is 58.2 Å². The summed E-state index contributed by atoms with van der Waals surface area (Å²) in [4.78, 5) is 0. The molecule has 0 radical (unpaired) electrons. The van der Waals surface area contributed by atoms with Gasteiger partial charge in [-0.1, -0.05) is 15.9 Å². The summed E-state index contributed by atoms with van der Waals surface area (Å²) in [6, 6.07) is 5.61. The molecule has 2 rings (SSSR count). The number of hydrogen-bond acceptors (Lipinski definition) is 3. The molecule has 4 nitrogen and oxygen atoms in total. The molecule has 18 heavy (non-hydrogen) atoms. The van der Waals surface area contributed by atoms with E-state index in [1.807, 2.05) is 19.1 Å². The third-order valence-corrected chi connectivity index (χ3v) is 4.74. The molecule has 1 aliphatic rings. The van der Waals surface area contributed by atoms with Gasteiger partial charge in [0.1, 0.15) is 0 Å². The average molecular weight is 333 g/mol. The van der Waals surface area contributed by atoms with Gasteiger partial charge in [0, 0.05) is 16.2 Å². The maximum Gasteiger partial charge on any atom is 0.234 e. The van der Waals surface area contributed by atoms with Gasteiger partial charge < -0.3 is 5.32 Å². The van der Waals surface area contributed by atoms with Gasteiger partial charge in [-0.05, 0) is 50.1 Å². The van der Waals surface area contributed by atoms with Gasteiger partial charge in [0.05, 0.1) is 5.75 Å². The molecule has 1 fully saturated rings. The molecule has 0 aliphatic carbocycles. The maximum atomic E-state index is 12.0. The second-order valence-electron chi connectivity index (χ2n) is 4.69. The molecule has 0 spiro atoms. The Balaban J connectivity index is 2.06. The van der Waals surface area contributed by atoms with Crippen molar-refractivity contribution >= 4 is 31.6 Å². The Morgan fingerprint density at radius 1 is 1.44 bits per heavy atom. The highest BCUT2D eigenvalue weighted by Gasteiger charge is 2.22. The van der Waals surface area contributed by atoms with Gasteiger partial charge >= 0.3 is 0 Å². The maximum absolute atomic E-state index is 12.0. The number of aryl methyl sites for hydroxylation is 1. The van der Waals surface area contributed by atoms with E-state index >= 15 is 0 Å². The van der Waals surface area contributed by atoms with E-state index in [0.29, 0.717) is 5.69 Å². The van der Waals surface area contributed by atoms with Crippen molar-refractivity contribution in [2.45, 2.75) is 25.8 Å². The van der Waals surface area contributed by atoms with Crippen LogP contribution in [0.15, 0.2) is 22.7 Å². The number of nitrogens with one attached hydrogen (secondary N) is 2. The summed E-state index contributed by atoms with van der Waals surface area (Å²) in [6.07, 6.45) is 1.98. The van der Waals surface area contributed by atoms with Crippen LogP contribution in [0.4, 0.5) is 5.69 Å². The van der Waals surface area contributed by atoms with Gasteiger partial charge in [-0.3, -0.25) is 4.72 Å². The molecule has 100 valence electrons. The van der Waals surface area contributed by atoms with Crippen LogP contribution < -0.4 is 10.0 Å². The van der Waals surface area contributed by atoms with E-state index in [0.717, 1.165) is 29.4 Å². The fourth-order valence-electron chi connectivity index (χ4n) is 2.18. The van der Waals surface area contributed by atoms with Gasteiger partial charge in [0.25, 0.3) is 0 Å². The van der Waals surface area contributed by atoms with Crippen molar-refractivity contribution < 1.29 is 8.42 Å². The van der Waals surface area contributed by atoms with Gasteiger partial charge in [0.15, 0.2) is 0 Å². The summed E-state index contributed by atoms with van der Waals surface area (Å²) in [7, 11) is -3.28. The van der Waals surface area contributed by atoms with Crippen molar-refractivity contribution in [3.8, 4) is 0 Å². The predicted octanol–water partition coefficient (Wildman–Crippen LogP) is 2.25. The first kappa shape index (κ1) is 13.8. The molecule has 1 saturated heterocycles. The lowest BCUT2D eigenvalue weighted by molar-refractivity contribution is 0.582. The van der Waals surface area contributed by atoms with Crippen LogP contribution in [-0.2, 0) is 10.0 Å². The third-order valence-electron chi connectivity index (χ3n) is 2.90. The number of halogens is 1. The van der Waals surface area contributed by atoms with Crippen LogP contribution in [0.2, 0.25) is 0 Å². The lowest BCUT2D eigenvalue weighted by Gasteiger charge is -2.13. The van der Waals surface area contributed by atoms with Gasteiger partial charge in [-0.2, -0.15) is 0 Å². The first-order valence-electron chi connectivity index (χ1n) is 5.96. The largest absolute Gasteiger partial charge is 0.313 e. The number of rotatable bonds is 4. The highest BCUT2D eigenvalue weighted by atomic mass is 79.9. The van der Waals surface area contributed by atoms with Crippen LogP contribution in [-0.4, -0.2) is 26.8 Å². The zero-order valence-electron chi connectivity index (χ0n) is 10.2. The molecule has 1 unspecified atom stereocenters. The lowest BCUT2D eigenvalue weighted by atomic mass is 10.2. The van der Waals surface area contributed by atoms with Crippen LogP contribution in [0.25, 0.3) is 0 Å². The van der Waals surface area contributed by atoms with Crippen LogP contribution in [0.1, 0.15) is 18.4 Å². The van der Waals surface area contributed by atoms with Crippen molar-refractivity contribution in [1.82, 2.24) is 5.32 Å². The minimum absolute atomic E-state index is 0.0794. The summed E-state index contributed by atoms with van der Waals surface area (Å²) in [5.74, 6) is 0.137. The van der Waals surface area contributed by atoms with E-state index < -0.39 is 10.0 Å². The van der Waals surface area contributed by atoms with Crippen LogP contribution in [0, 0.1) is 6.92 Å². The Morgan fingerprint density at radius 3 is 2.83 bits per heavy atom. The van der Waals surface area contributed by atoms with E-state index in [1.165, 1.54) is 0 Å². The normalized spacial score (nSPS) is 20.0. The Kier molecular flexibility index (Phi) is 4.29. The second-order valence-corrected chi connectivity index (χ2v) is 7.38. The zero-order valence-corrected chi connectivity index (χ0v) is 12.6. The standard InChI is InChI=1S/C12H17BrN2O2S/c1-9-5-10(13)7-12(6-9)15-18(16,17)8-11-3-2-4-14-11/h5-7,11,14-15H,2-4,8H2,1H3. The summed E-state index contributed by atoms with van der Waals surface area (Å²) in [6.45, 7) is 2.84. The first-order chi connectivity index (χ1) is 8.44. The van der Waals surface area contributed by atoms with Crippen molar-refractivity contribution in [2.24, 2.45) is 0 Å². The Labute approximate surface area is 116 Å². The van der Waals surface area contributed by atoms with Crippen LogP contribution in [0.3, 0.4) is 0 Å². The first-order valence-corrected chi connectivity index (χ1v) is 8.40. The van der Waals surface area contributed by atoms with Crippen LogP contribution >= 0.6 is 15.9 Å². The Morgan fingerprint density at radius 2 is 2.22 bits per heavy atom. The van der Waals surface area contributed by atoms with Gasteiger partial charge in [-0.15, -0.1) is 0 Å². The fraction of sp³-hybridized carbons (Fsp3) is 0.500. The van der Waals surface area contributed by atoms with Crippen molar-refractivity contribution in [3.05, 3.63) is 28.2 Å². The minimum Gasteiger partial charge on any atom is -0.313 e. The van der Waals surface area contributed by atoms with E-state index in [9.17, 15) is 8.42 Å². The smallest absolute Gasteiger partial charge is 0.234 e. The molecule has 1 atom stereocenters. The highest BCUT2D eigenvalue weighted by molar-refractivity contribution is 9.10. The monoisotopic (exact) mass is 332 g/mol. The number of hydrogen-bond donors (Lipinski definition) is 2. The summed E-state index contributed by atoms with van der Waals surface area (Å²) in [5, 5.41) is 3.19. The van der Waals surface area contributed by atoms with Crippen molar-refractivity contribution in [3.63, 3.8) is 0 Å². The zero-order chi connectivity index (χ0) is 13.2. The Bertz CT molecular complexity index is 505. The summed E-state index contributed by atoms with van der Waals surface area (Å²) < 4.78 is 27.5. The SMILES string of the molecule is Cc1cc(Br)cc(NS(=O)(=O)CC2CCCN2)c1. The van der Waals surface area contributed by atoms with E-state index in [1.54, 1.807) is 6.07 Å². The molecule has 0 aromatic heterocycles. The van der Waals surface area contributed by atoms with E-state index in [4.69, 9.17) is 0 Å². The Hall–Kier alpha value is -0.590. The molecule has 1 aliphatic heterocycles. The number of benzene rings is 1. The molecule has 6 heteroatoms. The van der Waals surface area contributed by atoms with Crippen molar-refractivity contribution in [1.29, 1.82) is 0 Å². The van der Waals surface area contributed by atoms with E-state index in [-0.39, 0.29) is 11.8 Å². The fourth-order valence-corrected chi connectivity index (χ4v) is 4.16. The molecule has 1 aromatic carbocycles. The molecule has 0 amide bonds. The molecular weight excluding hydrogens is 316 g/mol. The van der Waals surface area contributed by atoms with Gasteiger partial charge in [0.2, 0.25) is 10.0 Å². The predicted molar refractivity (Wildman–Crippen MR) is 77.3 cm³/mol.